The Hall–Kier alpha value is -3.90. The van der Waals surface area contributed by atoms with Crippen LogP contribution in [0.2, 0.25) is 0 Å². The fourth-order valence-corrected chi connectivity index (χ4v) is 5.24. The van der Waals surface area contributed by atoms with Crippen LogP contribution in [0, 0.1) is 0 Å². The highest BCUT2D eigenvalue weighted by molar-refractivity contribution is 7.99. The van der Waals surface area contributed by atoms with E-state index in [-0.39, 0.29) is 30.7 Å². The molecule has 0 aliphatic carbocycles. The van der Waals surface area contributed by atoms with Crippen LogP contribution in [0.25, 0.3) is 0 Å². The molecule has 15 nitrogen and oxygen atoms in total. The molecule has 0 spiro atoms. The highest BCUT2D eigenvalue weighted by atomic mass is 32.2. The Morgan fingerprint density at radius 3 is 2.62 bits per heavy atom. The highest BCUT2D eigenvalue weighted by Gasteiger charge is 2.17. The minimum Gasteiger partial charge on any atom is -0.458 e. The van der Waals surface area contributed by atoms with E-state index in [2.05, 4.69) is 41.0 Å². The number of aliphatic imine (C=N–C) groups is 1. The van der Waals surface area contributed by atoms with Crippen molar-refractivity contribution in [3.05, 3.63) is 48.9 Å². The van der Waals surface area contributed by atoms with Crippen molar-refractivity contribution in [1.82, 2.24) is 35.7 Å². The first-order chi connectivity index (χ1) is 17.9. The minimum atomic E-state index is -0.676. The molecule has 3 aromatic rings. The third-order valence-corrected chi connectivity index (χ3v) is 7.08. The summed E-state index contributed by atoms with van der Waals surface area (Å²) in [7, 11) is 0. The van der Waals surface area contributed by atoms with Gasteiger partial charge in [-0.1, -0.05) is 22.7 Å². The van der Waals surface area contributed by atoms with E-state index in [1.807, 2.05) is 4.98 Å². The summed E-state index contributed by atoms with van der Waals surface area (Å²) in [4.78, 5) is 53.5. The van der Waals surface area contributed by atoms with Gasteiger partial charge in [-0.05, 0) is 11.5 Å². The quantitative estimate of drug-likeness (QED) is 0.0728. The van der Waals surface area contributed by atoms with Gasteiger partial charge in [0.05, 0.1) is 12.5 Å². The van der Waals surface area contributed by atoms with Crippen molar-refractivity contribution in [3.63, 3.8) is 0 Å². The molecule has 4 rings (SSSR count). The molecule has 0 aromatic carbocycles. The number of allylic oxidation sites excluding steroid dienone is 1. The first kappa shape index (κ1) is 26.2. The number of rotatable bonds is 13. The Kier molecular flexibility index (Phi) is 9.11. The van der Waals surface area contributed by atoms with E-state index in [0.29, 0.717) is 10.3 Å². The molecule has 1 aliphatic heterocycles. The molecule has 37 heavy (non-hydrogen) atoms. The van der Waals surface area contributed by atoms with Crippen LogP contribution in [-0.2, 0) is 27.2 Å². The molecule has 0 radical (unpaired) electrons. The number of carbonyl (C=O) groups excluding carboxylic acids is 2. The standard InChI is InChI=1S/C19H19N9O6S3/c29-10-5-11(30)22-13(6-10)33-8-20-18-27-25-15(36-18)1-3-35-4-2-16-26-28-19(37-16)21-9-34-14-7-12(31)23-17(32)24-14/h6-7,9H,1-5,8H2,(H,20,27)(H,22,30)(H2,23,24,31,32)/b21-9-. The van der Waals surface area contributed by atoms with Crippen LogP contribution in [0.4, 0.5) is 10.3 Å². The lowest BCUT2D eigenvalue weighted by atomic mass is 10.2. The van der Waals surface area contributed by atoms with Crippen LogP contribution in [-0.4, -0.2) is 66.7 Å². The van der Waals surface area contributed by atoms with Crippen LogP contribution in [0.5, 0.6) is 5.88 Å². The number of amides is 1. The molecule has 0 saturated carbocycles. The van der Waals surface area contributed by atoms with Crippen molar-refractivity contribution in [2.24, 2.45) is 4.99 Å². The molecule has 4 N–H and O–H groups in total. The van der Waals surface area contributed by atoms with Gasteiger partial charge in [-0.3, -0.25) is 29.7 Å². The molecule has 1 aliphatic rings. The van der Waals surface area contributed by atoms with Gasteiger partial charge in [0.25, 0.3) is 5.56 Å². The number of aromatic amines is 2. The predicted molar refractivity (Wildman–Crippen MR) is 136 cm³/mol. The molecular formula is C19H19N9O6S3. The van der Waals surface area contributed by atoms with E-state index in [0.717, 1.165) is 46.8 Å². The van der Waals surface area contributed by atoms with E-state index < -0.39 is 17.2 Å². The summed E-state index contributed by atoms with van der Waals surface area (Å²) in [5, 5.41) is 24.3. The Morgan fingerprint density at radius 2 is 1.84 bits per heavy atom. The number of carbonyl (C=O) groups is 2. The molecule has 1 amide bonds. The van der Waals surface area contributed by atoms with E-state index in [4.69, 9.17) is 9.47 Å². The van der Waals surface area contributed by atoms with Gasteiger partial charge in [-0.15, -0.1) is 20.4 Å². The zero-order valence-corrected chi connectivity index (χ0v) is 21.3. The zero-order valence-electron chi connectivity index (χ0n) is 18.9. The molecule has 194 valence electrons. The summed E-state index contributed by atoms with van der Waals surface area (Å²) < 4.78 is 10.4. The highest BCUT2D eigenvalue weighted by Crippen LogP contribution is 2.21. The summed E-state index contributed by atoms with van der Waals surface area (Å²) in [6, 6.07) is 1.09. The van der Waals surface area contributed by atoms with Crippen molar-refractivity contribution in [2.75, 3.05) is 23.6 Å². The lowest BCUT2D eigenvalue weighted by Crippen LogP contribution is -2.31. The number of hydrogen-bond donors (Lipinski definition) is 4. The van der Waals surface area contributed by atoms with Crippen molar-refractivity contribution in [1.29, 1.82) is 0 Å². The van der Waals surface area contributed by atoms with Gasteiger partial charge >= 0.3 is 5.69 Å². The van der Waals surface area contributed by atoms with Crippen LogP contribution in [0.3, 0.4) is 0 Å². The Morgan fingerprint density at radius 1 is 1.05 bits per heavy atom. The summed E-state index contributed by atoms with van der Waals surface area (Å²) >= 11 is 4.45. The van der Waals surface area contributed by atoms with E-state index in [9.17, 15) is 19.2 Å². The molecule has 0 fully saturated rings. The summed E-state index contributed by atoms with van der Waals surface area (Å²) in [6.45, 7) is 0.0361. The van der Waals surface area contributed by atoms with Crippen molar-refractivity contribution >= 4 is 62.8 Å². The Bertz CT molecular complexity index is 1400. The van der Waals surface area contributed by atoms with Crippen LogP contribution < -0.4 is 26.6 Å². The monoisotopic (exact) mass is 565 g/mol. The van der Waals surface area contributed by atoms with Gasteiger partial charge in [0.2, 0.25) is 22.1 Å². The minimum absolute atomic E-state index is 0.0323. The number of H-pyrrole nitrogens is 2. The van der Waals surface area contributed by atoms with Gasteiger partial charge in [0.15, 0.2) is 24.8 Å². The SMILES string of the molecule is O=C1C=C(OCNc2nnc(CCSCCc3nnc(/N=C\Oc4cc(=O)[nH]c(=O)[nH]4)s3)s2)NC(=O)C1. The maximum atomic E-state index is 11.4. The first-order valence-corrected chi connectivity index (χ1v) is 13.4. The number of hydrogen-bond acceptors (Lipinski definition) is 15. The molecule has 18 heteroatoms. The largest absolute Gasteiger partial charge is 0.458 e. The molecular weight excluding hydrogens is 546 g/mol. The third kappa shape index (κ3) is 8.62. The summed E-state index contributed by atoms with van der Waals surface area (Å²) in [5.41, 5.74) is -1.26. The number of ketones is 1. The summed E-state index contributed by atoms with van der Waals surface area (Å²) in [5.74, 6) is 1.06. The second-order valence-electron chi connectivity index (χ2n) is 7.06. The third-order valence-electron chi connectivity index (χ3n) is 4.26. The van der Waals surface area contributed by atoms with Crippen molar-refractivity contribution in [2.45, 2.75) is 19.3 Å². The number of nitrogens with one attached hydrogen (secondary N) is 4. The molecule has 4 heterocycles. The van der Waals surface area contributed by atoms with E-state index in [1.54, 1.807) is 11.8 Å². The van der Waals surface area contributed by atoms with Crippen LogP contribution in [0.15, 0.2) is 32.6 Å². The fourth-order valence-electron chi connectivity index (χ4n) is 2.71. The lowest BCUT2D eigenvalue weighted by molar-refractivity contribution is -0.127. The summed E-state index contributed by atoms with van der Waals surface area (Å²) in [6.07, 6.45) is 3.61. The van der Waals surface area contributed by atoms with Gasteiger partial charge in [-0.2, -0.15) is 16.8 Å². The van der Waals surface area contributed by atoms with E-state index in [1.165, 1.54) is 28.7 Å². The number of nitrogens with zero attached hydrogens (tertiary/aromatic N) is 5. The number of ether oxygens (including phenoxy) is 2. The molecule has 0 saturated heterocycles. The maximum Gasteiger partial charge on any atom is 0.328 e. The topological polar surface area (TPSA) is 206 Å². The molecule has 0 atom stereocenters. The Labute approximate surface area is 219 Å². The van der Waals surface area contributed by atoms with Gasteiger partial charge in [-0.25, -0.2) is 4.79 Å². The van der Waals surface area contributed by atoms with Crippen LogP contribution in [0.1, 0.15) is 16.4 Å². The van der Waals surface area contributed by atoms with Gasteiger partial charge in [0, 0.05) is 18.9 Å². The molecule has 0 bridgehead atoms. The smallest absolute Gasteiger partial charge is 0.328 e. The number of aryl methyl sites for hydroxylation is 2. The molecule has 0 unspecified atom stereocenters. The predicted octanol–water partition coefficient (Wildman–Crippen LogP) is 0.340. The van der Waals surface area contributed by atoms with Gasteiger partial charge in [0.1, 0.15) is 10.0 Å². The normalized spacial score (nSPS) is 13.5. The van der Waals surface area contributed by atoms with Crippen molar-refractivity contribution in [3.8, 4) is 5.88 Å². The van der Waals surface area contributed by atoms with E-state index >= 15 is 0 Å². The molecule has 3 aromatic heterocycles. The number of anilines is 1. The first-order valence-electron chi connectivity index (χ1n) is 10.6. The van der Waals surface area contributed by atoms with Crippen LogP contribution >= 0.6 is 34.4 Å². The Balaban J connectivity index is 1.10. The second kappa shape index (κ2) is 12.9. The lowest BCUT2D eigenvalue weighted by Gasteiger charge is -2.14. The average Bonchev–Trinajstić information content (AvgIpc) is 3.47. The zero-order chi connectivity index (χ0) is 26.0. The second-order valence-corrected chi connectivity index (χ2v) is 10.4. The average molecular weight is 566 g/mol. The van der Waals surface area contributed by atoms with Gasteiger partial charge < -0.3 is 14.8 Å². The number of aromatic nitrogens is 6. The maximum absolute atomic E-state index is 11.4. The number of thioether (sulfide) groups is 1. The van der Waals surface area contributed by atoms with Crippen molar-refractivity contribution < 1.29 is 19.1 Å². The fraction of sp³-hybridized carbons (Fsp3) is 0.316.